The zero-order valence-electron chi connectivity index (χ0n) is 17.7. The Morgan fingerprint density at radius 3 is 2.16 bits per heavy atom. The van der Waals surface area contributed by atoms with Crippen molar-refractivity contribution in [3.63, 3.8) is 0 Å². The smallest absolute Gasteiger partial charge is 0.417 e. The summed E-state index contributed by atoms with van der Waals surface area (Å²) in [6.45, 7) is 1.97. The lowest BCUT2D eigenvalue weighted by atomic mass is 9.59. The van der Waals surface area contributed by atoms with E-state index in [4.69, 9.17) is 11.6 Å². The molecule has 2 aromatic rings. The summed E-state index contributed by atoms with van der Waals surface area (Å²) in [6.07, 6.45) is 0.241. The van der Waals surface area contributed by atoms with Crippen molar-refractivity contribution in [1.29, 1.82) is 0 Å². The van der Waals surface area contributed by atoms with Crippen molar-refractivity contribution in [3.05, 3.63) is 63.9 Å². The van der Waals surface area contributed by atoms with Crippen LogP contribution >= 0.6 is 11.6 Å². The SMILES string of the molecule is CCc1ccc(-c2ccc(Cl)c(C(F)(F)F)c2)cc1C1=C(O)[C@H]2[C@H]3CC[C@H](CC3)[C@H]2C1=O. The van der Waals surface area contributed by atoms with Crippen LogP contribution in [0.25, 0.3) is 16.7 Å². The summed E-state index contributed by atoms with van der Waals surface area (Å²) in [6, 6.07) is 9.20. The van der Waals surface area contributed by atoms with Crippen LogP contribution in [-0.4, -0.2) is 10.9 Å². The second-order valence-corrected chi connectivity index (χ2v) is 9.68. The Hall–Kier alpha value is -2.27. The van der Waals surface area contributed by atoms with E-state index in [1.54, 1.807) is 18.2 Å². The number of fused-ring (bicyclic) bond motifs is 2. The molecule has 1 N–H and O–H groups in total. The number of aliphatic hydroxyl groups excluding tert-OH is 1. The number of benzene rings is 2. The molecule has 6 rings (SSSR count). The number of carbonyl (C=O) groups is 1. The second-order valence-electron chi connectivity index (χ2n) is 9.27. The van der Waals surface area contributed by atoms with Crippen molar-refractivity contribution >= 4 is 23.0 Å². The van der Waals surface area contributed by atoms with Crippen LogP contribution in [0.3, 0.4) is 0 Å². The molecule has 2 bridgehead atoms. The number of rotatable bonds is 3. The summed E-state index contributed by atoms with van der Waals surface area (Å²) in [5.74, 6) is 0.583. The molecule has 2 nitrogen and oxygen atoms in total. The van der Waals surface area contributed by atoms with Crippen LogP contribution in [0, 0.1) is 23.7 Å². The first-order valence-corrected chi connectivity index (χ1v) is 11.6. The number of aryl methyl sites for hydroxylation is 1. The number of allylic oxidation sites excluding steroid dienone is 2. The van der Waals surface area contributed by atoms with E-state index in [1.807, 2.05) is 13.0 Å². The minimum absolute atomic E-state index is 0.000775. The number of halogens is 4. The van der Waals surface area contributed by atoms with Crippen LogP contribution in [0.4, 0.5) is 13.2 Å². The maximum absolute atomic E-state index is 13.5. The van der Waals surface area contributed by atoms with E-state index in [2.05, 4.69) is 0 Å². The molecule has 0 saturated heterocycles. The third-order valence-corrected chi connectivity index (χ3v) is 8.03. The highest BCUT2D eigenvalue weighted by atomic mass is 35.5. The second kappa shape index (κ2) is 7.65. The van der Waals surface area contributed by atoms with E-state index in [0.29, 0.717) is 40.5 Å². The summed E-state index contributed by atoms with van der Waals surface area (Å²) < 4.78 is 40.1. The first-order chi connectivity index (χ1) is 15.2. The van der Waals surface area contributed by atoms with Gasteiger partial charge in [0, 0.05) is 11.8 Å². The monoisotopic (exact) mass is 460 g/mol. The molecule has 2 aromatic carbocycles. The zero-order valence-corrected chi connectivity index (χ0v) is 18.4. The molecule has 0 aromatic heterocycles. The first kappa shape index (κ1) is 21.6. The molecule has 4 aliphatic carbocycles. The molecule has 32 heavy (non-hydrogen) atoms. The lowest BCUT2D eigenvalue weighted by molar-refractivity contribution is -0.137. The van der Waals surface area contributed by atoms with Crippen molar-refractivity contribution in [2.75, 3.05) is 0 Å². The molecule has 0 amide bonds. The summed E-state index contributed by atoms with van der Waals surface area (Å²) in [5.41, 5.74) is 1.96. The number of hydrogen-bond donors (Lipinski definition) is 1. The third kappa shape index (κ3) is 3.28. The number of carbonyl (C=O) groups excluding carboxylic acids is 1. The molecular weight excluding hydrogens is 437 g/mol. The van der Waals surface area contributed by atoms with E-state index in [9.17, 15) is 23.1 Å². The number of Topliss-reactive ketones (excluding diaryl/α,β-unsaturated/α-hetero) is 1. The van der Waals surface area contributed by atoms with E-state index in [0.717, 1.165) is 37.3 Å². The van der Waals surface area contributed by atoms with Crippen LogP contribution < -0.4 is 0 Å². The average molecular weight is 461 g/mol. The predicted molar refractivity (Wildman–Crippen MR) is 118 cm³/mol. The topological polar surface area (TPSA) is 37.3 Å². The molecule has 0 aliphatic heterocycles. The molecule has 0 unspecified atom stereocenters. The van der Waals surface area contributed by atoms with Crippen molar-refractivity contribution in [3.8, 4) is 11.1 Å². The van der Waals surface area contributed by atoms with Crippen LogP contribution in [0.15, 0.2) is 42.2 Å². The Kier molecular flexibility index (Phi) is 5.16. The number of alkyl halides is 3. The molecule has 0 heterocycles. The van der Waals surface area contributed by atoms with Crippen LogP contribution in [0.5, 0.6) is 0 Å². The summed E-state index contributed by atoms with van der Waals surface area (Å²) in [4.78, 5) is 13.5. The average Bonchev–Trinajstić information content (AvgIpc) is 3.06. The van der Waals surface area contributed by atoms with Gasteiger partial charge in [-0.05, 0) is 84.4 Å². The van der Waals surface area contributed by atoms with Gasteiger partial charge in [-0.2, -0.15) is 13.2 Å². The normalized spacial score (nSPS) is 27.2. The van der Waals surface area contributed by atoms with Gasteiger partial charge in [0.25, 0.3) is 0 Å². The van der Waals surface area contributed by atoms with Gasteiger partial charge in [-0.1, -0.05) is 36.7 Å². The van der Waals surface area contributed by atoms with Gasteiger partial charge in [0.2, 0.25) is 0 Å². The minimum atomic E-state index is -4.56. The number of ketones is 1. The molecule has 3 fully saturated rings. The fourth-order valence-corrected chi connectivity index (χ4v) is 6.39. The van der Waals surface area contributed by atoms with E-state index in [-0.39, 0.29) is 28.4 Å². The maximum atomic E-state index is 13.5. The standard InChI is InChI=1S/C26H24ClF3O2/c1-2-13-3-8-16(17-9-10-20(27)19(12-17)26(28,29)30)11-18(13)23-24(31)21-14-4-5-15(7-6-14)22(21)25(23)32/h3,8-12,14-15,21-22,31H,2,4-7H2,1H3/t14-,15+,21-,22+/m0/s1. The van der Waals surface area contributed by atoms with Gasteiger partial charge < -0.3 is 5.11 Å². The summed E-state index contributed by atoms with van der Waals surface area (Å²) >= 11 is 5.79. The minimum Gasteiger partial charge on any atom is -0.511 e. The molecule has 4 aliphatic rings. The van der Waals surface area contributed by atoms with Crippen LogP contribution in [0.1, 0.15) is 49.3 Å². The van der Waals surface area contributed by atoms with E-state index < -0.39 is 11.7 Å². The first-order valence-electron chi connectivity index (χ1n) is 11.2. The lowest BCUT2D eigenvalue weighted by Gasteiger charge is -2.44. The van der Waals surface area contributed by atoms with Gasteiger partial charge in [-0.3, -0.25) is 4.79 Å². The Morgan fingerprint density at radius 2 is 1.56 bits per heavy atom. The van der Waals surface area contributed by atoms with Crippen molar-refractivity contribution in [1.82, 2.24) is 0 Å². The highest BCUT2D eigenvalue weighted by molar-refractivity contribution is 6.31. The summed E-state index contributed by atoms with van der Waals surface area (Å²) in [7, 11) is 0. The van der Waals surface area contributed by atoms with E-state index in [1.165, 1.54) is 6.07 Å². The fraction of sp³-hybridized carbons (Fsp3) is 0.423. The largest absolute Gasteiger partial charge is 0.511 e. The Balaban J connectivity index is 1.62. The quantitative estimate of drug-likeness (QED) is 0.515. The van der Waals surface area contributed by atoms with Crippen molar-refractivity contribution in [2.24, 2.45) is 23.7 Å². The molecule has 0 spiro atoms. The Morgan fingerprint density at radius 1 is 0.969 bits per heavy atom. The number of aliphatic hydroxyl groups is 1. The van der Waals surface area contributed by atoms with Crippen LogP contribution in [-0.2, 0) is 17.4 Å². The highest BCUT2D eigenvalue weighted by Gasteiger charge is 2.54. The summed E-state index contributed by atoms with van der Waals surface area (Å²) in [5, 5.41) is 10.8. The van der Waals surface area contributed by atoms with Gasteiger partial charge >= 0.3 is 6.18 Å². The van der Waals surface area contributed by atoms with Crippen molar-refractivity contribution < 1.29 is 23.1 Å². The van der Waals surface area contributed by atoms with Gasteiger partial charge in [-0.15, -0.1) is 0 Å². The molecule has 3 saturated carbocycles. The van der Waals surface area contributed by atoms with E-state index >= 15 is 0 Å². The lowest BCUT2D eigenvalue weighted by Crippen LogP contribution is -2.41. The highest BCUT2D eigenvalue weighted by Crippen LogP contribution is 2.57. The zero-order chi connectivity index (χ0) is 22.8. The maximum Gasteiger partial charge on any atom is 0.417 e. The predicted octanol–water partition coefficient (Wildman–Crippen LogP) is 7.49. The van der Waals surface area contributed by atoms with Gasteiger partial charge in [0.15, 0.2) is 5.78 Å². The van der Waals surface area contributed by atoms with Crippen LogP contribution in [0.2, 0.25) is 5.02 Å². The van der Waals surface area contributed by atoms with Gasteiger partial charge in [0.05, 0.1) is 16.2 Å². The Bertz CT molecular complexity index is 1130. The third-order valence-electron chi connectivity index (χ3n) is 7.71. The van der Waals surface area contributed by atoms with Gasteiger partial charge in [0.1, 0.15) is 5.76 Å². The molecule has 0 radical (unpaired) electrons. The fourth-order valence-electron chi connectivity index (χ4n) is 6.17. The molecule has 2 atom stereocenters. The van der Waals surface area contributed by atoms with Gasteiger partial charge in [-0.25, -0.2) is 0 Å². The Labute approximate surface area is 190 Å². The molecule has 6 heteroatoms. The number of hydrogen-bond acceptors (Lipinski definition) is 2. The molecular formula is C26H24ClF3O2. The van der Waals surface area contributed by atoms with Crippen molar-refractivity contribution in [2.45, 2.75) is 45.2 Å². The molecule has 168 valence electrons.